The molecule has 10 aromatic carbocycles. The van der Waals surface area contributed by atoms with Gasteiger partial charge in [-0.1, -0.05) is 188 Å². The molecule has 0 bridgehead atoms. The lowest BCUT2D eigenvalue weighted by molar-refractivity contribution is 0.673. The first-order chi connectivity index (χ1) is 29.3. The summed E-state index contributed by atoms with van der Waals surface area (Å²) >= 11 is 0. The molecule has 0 saturated carbocycles. The van der Waals surface area contributed by atoms with Crippen molar-refractivity contribution in [3.8, 4) is 22.3 Å². The third kappa shape index (κ3) is 5.00. The Hall–Kier alpha value is -7.68. The molecule has 0 atom stereocenters. The Morgan fingerprint density at radius 2 is 0.932 bits per heavy atom. The summed E-state index contributed by atoms with van der Waals surface area (Å²) in [5, 5.41) is 6.91. The maximum atomic E-state index is 7.19. The van der Waals surface area contributed by atoms with Crippen LogP contribution in [-0.2, 0) is 5.41 Å². The van der Waals surface area contributed by atoms with Crippen molar-refractivity contribution in [2.24, 2.45) is 0 Å². The Kier molecular flexibility index (Phi) is 7.48. The lowest BCUT2D eigenvalue weighted by Gasteiger charge is -2.35. The topological polar surface area (TPSA) is 16.4 Å². The normalized spacial score (nSPS) is 12.9. The summed E-state index contributed by atoms with van der Waals surface area (Å²) < 4.78 is 7.19. The van der Waals surface area contributed by atoms with E-state index < -0.39 is 5.41 Å². The first-order valence-corrected chi connectivity index (χ1v) is 20.3. The molecule has 59 heavy (non-hydrogen) atoms. The van der Waals surface area contributed by atoms with Crippen molar-refractivity contribution < 1.29 is 4.42 Å². The van der Waals surface area contributed by atoms with E-state index in [0.717, 1.165) is 44.4 Å². The van der Waals surface area contributed by atoms with Crippen molar-refractivity contribution in [1.82, 2.24) is 0 Å². The molecule has 1 aromatic heterocycles. The highest BCUT2D eigenvalue weighted by Crippen LogP contribution is 2.57. The van der Waals surface area contributed by atoms with Gasteiger partial charge in [-0.3, -0.25) is 0 Å². The molecule has 1 aliphatic carbocycles. The largest absolute Gasteiger partial charge is 0.453 e. The van der Waals surface area contributed by atoms with E-state index in [4.69, 9.17) is 4.42 Å². The zero-order valence-corrected chi connectivity index (χ0v) is 32.2. The van der Waals surface area contributed by atoms with Gasteiger partial charge in [0.2, 0.25) is 0 Å². The molecular weight excluding hydrogens is 715 g/mol. The Balaban J connectivity index is 1.13. The van der Waals surface area contributed by atoms with Gasteiger partial charge in [0.25, 0.3) is 0 Å². The summed E-state index contributed by atoms with van der Waals surface area (Å²) in [6.45, 7) is 0. The van der Waals surface area contributed by atoms with E-state index in [9.17, 15) is 0 Å². The summed E-state index contributed by atoms with van der Waals surface area (Å²) in [5.74, 6) is 0. The molecule has 11 aromatic rings. The van der Waals surface area contributed by atoms with Crippen LogP contribution in [0.1, 0.15) is 22.3 Å². The second-order valence-electron chi connectivity index (χ2n) is 15.6. The van der Waals surface area contributed by atoms with Gasteiger partial charge in [0.05, 0.1) is 11.1 Å². The summed E-state index contributed by atoms with van der Waals surface area (Å²) in [6, 6.07) is 81.7. The third-order valence-electron chi connectivity index (χ3n) is 12.5. The number of fused-ring (bicyclic) bond motifs is 10. The lowest BCUT2D eigenvalue weighted by Crippen LogP contribution is -2.28. The minimum absolute atomic E-state index is 0.529. The smallest absolute Gasteiger partial charge is 0.159 e. The van der Waals surface area contributed by atoms with Crippen LogP contribution in [0.15, 0.2) is 229 Å². The Labute approximate surface area is 342 Å². The zero-order valence-electron chi connectivity index (χ0n) is 32.2. The van der Waals surface area contributed by atoms with Crippen molar-refractivity contribution in [2.75, 3.05) is 4.90 Å². The van der Waals surface area contributed by atoms with Crippen molar-refractivity contribution in [3.05, 3.63) is 247 Å². The maximum absolute atomic E-state index is 7.19. The number of rotatable bonds is 6. The van der Waals surface area contributed by atoms with Crippen LogP contribution in [0.2, 0.25) is 0 Å². The Bertz CT molecular complexity index is 3330. The van der Waals surface area contributed by atoms with Crippen LogP contribution in [0.4, 0.5) is 17.1 Å². The molecule has 2 heteroatoms. The van der Waals surface area contributed by atoms with E-state index in [1.54, 1.807) is 0 Å². The van der Waals surface area contributed by atoms with Crippen molar-refractivity contribution in [1.29, 1.82) is 0 Å². The highest BCUT2D eigenvalue weighted by molar-refractivity contribution is 6.24. The fourth-order valence-corrected chi connectivity index (χ4v) is 9.96. The standard InChI is InChI=1S/C57H37NO/c1-3-15-38(16-4-1)39-31-34-44(35-32-39)58(53-28-14-25-49-50-36-33-41-30-29-40-17-7-8-22-46(40)54(41)56(50)59-55(49)53)45-21-13-20-43(37-45)57(42-18-5-2-6-19-42)51-26-11-9-23-47(51)48-24-10-12-27-52(48)57/h1-37H. The van der Waals surface area contributed by atoms with Gasteiger partial charge in [-0.05, 0) is 97.1 Å². The van der Waals surface area contributed by atoms with Gasteiger partial charge in [0.1, 0.15) is 5.58 Å². The number of anilines is 3. The zero-order chi connectivity index (χ0) is 38.9. The Morgan fingerprint density at radius 1 is 0.356 bits per heavy atom. The highest BCUT2D eigenvalue weighted by Gasteiger charge is 2.46. The predicted octanol–water partition coefficient (Wildman–Crippen LogP) is 15.4. The number of hydrogen-bond acceptors (Lipinski definition) is 2. The van der Waals surface area contributed by atoms with Gasteiger partial charge in [-0.25, -0.2) is 0 Å². The minimum atomic E-state index is -0.529. The van der Waals surface area contributed by atoms with E-state index in [-0.39, 0.29) is 0 Å². The summed E-state index contributed by atoms with van der Waals surface area (Å²) in [5.41, 5.74) is 14.3. The summed E-state index contributed by atoms with van der Waals surface area (Å²) in [4.78, 5) is 2.38. The van der Waals surface area contributed by atoms with E-state index in [1.807, 2.05) is 0 Å². The van der Waals surface area contributed by atoms with Gasteiger partial charge in [0, 0.05) is 27.5 Å². The monoisotopic (exact) mass is 751 g/mol. The molecule has 0 N–H and O–H groups in total. The molecule has 0 aliphatic heterocycles. The SMILES string of the molecule is c1ccc(-c2ccc(N(c3cccc(C4(c5ccccc5)c5ccccc5-c5ccccc54)c3)c3cccc4c3oc3c4ccc4ccc5ccccc5c43)cc2)cc1. The van der Waals surface area contributed by atoms with Crippen LogP contribution in [-0.4, -0.2) is 0 Å². The Morgan fingerprint density at radius 3 is 1.71 bits per heavy atom. The number of para-hydroxylation sites is 1. The molecule has 0 spiro atoms. The van der Waals surface area contributed by atoms with Crippen LogP contribution < -0.4 is 4.90 Å². The minimum Gasteiger partial charge on any atom is -0.453 e. The summed E-state index contributed by atoms with van der Waals surface area (Å²) in [7, 11) is 0. The molecule has 0 radical (unpaired) electrons. The molecule has 0 saturated heterocycles. The van der Waals surface area contributed by atoms with Crippen LogP contribution in [0, 0.1) is 0 Å². The van der Waals surface area contributed by atoms with E-state index in [0.29, 0.717) is 0 Å². The number of nitrogens with zero attached hydrogens (tertiary/aromatic N) is 1. The highest BCUT2D eigenvalue weighted by atomic mass is 16.3. The van der Waals surface area contributed by atoms with E-state index >= 15 is 0 Å². The van der Waals surface area contributed by atoms with Crippen LogP contribution in [0.25, 0.3) is 65.7 Å². The second kappa shape index (κ2) is 13.2. The average molecular weight is 752 g/mol. The molecule has 0 amide bonds. The van der Waals surface area contributed by atoms with E-state index in [2.05, 4.69) is 229 Å². The molecular formula is C57H37NO. The summed E-state index contributed by atoms with van der Waals surface area (Å²) in [6.07, 6.45) is 0. The van der Waals surface area contributed by atoms with Crippen molar-refractivity contribution in [2.45, 2.75) is 5.41 Å². The fraction of sp³-hybridized carbons (Fsp3) is 0.0175. The van der Waals surface area contributed by atoms with Crippen molar-refractivity contribution >= 4 is 60.5 Å². The van der Waals surface area contributed by atoms with Crippen LogP contribution >= 0.6 is 0 Å². The molecule has 1 aliphatic rings. The molecule has 276 valence electrons. The molecule has 0 fully saturated rings. The first-order valence-electron chi connectivity index (χ1n) is 20.3. The number of benzene rings is 10. The van der Waals surface area contributed by atoms with Crippen molar-refractivity contribution in [3.63, 3.8) is 0 Å². The van der Waals surface area contributed by atoms with Gasteiger partial charge in [-0.15, -0.1) is 0 Å². The van der Waals surface area contributed by atoms with Crippen LogP contribution in [0.5, 0.6) is 0 Å². The number of furan rings is 1. The first kappa shape index (κ1) is 33.5. The van der Waals surface area contributed by atoms with Gasteiger partial charge in [-0.2, -0.15) is 0 Å². The maximum Gasteiger partial charge on any atom is 0.159 e. The van der Waals surface area contributed by atoms with E-state index in [1.165, 1.54) is 60.7 Å². The number of hydrogen-bond donors (Lipinski definition) is 0. The fourth-order valence-electron chi connectivity index (χ4n) is 9.96. The second-order valence-corrected chi connectivity index (χ2v) is 15.6. The quantitative estimate of drug-likeness (QED) is 0.157. The predicted molar refractivity (Wildman–Crippen MR) is 246 cm³/mol. The molecule has 12 rings (SSSR count). The van der Waals surface area contributed by atoms with Gasteiger partial charge < -0.3 is 9.32 Å². The average Bonchev–Trinajstić information content (AvgIpc) is 3.85. The van der Waals surface area contributed by atoms with Gasteiger partial charge >= 0.3 is 0 Å². The van der Waals surface area contributed by atoms with Crippen LogP contribution in [0.3, 0.4) is 0 Å². The molecule has 2 nitrogen and oxygen atoms in total. The third-order valence-corrected chi connectivity index (χ3v) is 12.5. The lowest BCUT2D eigenvalue weighted by atomic mass is 9.67. The molecule has 0 unspecified atom stereocenters. The molecule has 1 heterocycles. The van der Waals surface area contributed by atoms with Gasteiger partial charge in [0.15, 0.2) is 5.58 Å².